The summed E-state index contributed by atoms with van der Waals surface area (Å²) in [4.78, 5) is 19.5. The Morgan fingerprint density at radius 1 is 0.522 bits per heavy atom. The average molecular weight is 597 g/mol. The van der Waals surface area contributed by atoms with E-state index < -0.39 is 0 Å². The molecule has 0 saturated heterocycles. The lowest BCUT2D eigenvalue weighted by Crippen LogP contribution is -2.09. The first-order valence-corrected chi connectivity index (χ1v) is 16.2. The van der Waals surface area contributed by atoms with Crippen molar-refractivity contribution in [1.29, 1.82) is 0 Å². The van der Waals surface area contributed by atoms with Crippen molar-refractivity contribution in [2.45, 2.75) is 31.6 Å². The Bertz CT molecular complexity index is 2130. The van der Waals surface area contributed by atoms with E-state index in [9.17, 15) is 0 Å². The summed E-state index contributed by atoms with van der Waals surface area (Å²) in [5.74, 6) is 4.24. The van der Waals surface area contributed by atoms with Crippen LogP contribution in [0.3, 0.4) is 0 Å². The quantitative estimate of drug-likeness (QED) is 0.191. The molecule has 2 bridgehead atoms. The van der Waals surface area contributed by atoms with Crippen molar-refractivity contribution in [2.75, 3.05) is 0 Å². The third-order valence-corrected chi connectivity index (χ3v) is 9.98. The summed E-state index contributed by atoms with van der Waals surface area (Å²) in [5, 5.41) is 0. The molecule has 5 aromatic carbocycles. The van der Waals surface area contributed by atoms with E-state index in [1.54, 1.807) is 6.39 Å². The maximum atomic E-state index is 6.07. The Kier molecular flexibility index (Phi) is 6.55. The summed E-state index contributed by atoms with van der Waals surface area (Å²) in [6.07, 6.45) is 7.02. The highest BCUT2D eigenvalue weighted by Gasteiger charge is 2.41. The molecule has 0 amide bonds. The van der Waals surface area contributed by atoms with Crippen molar-refractivity contribution in [3.05, 3.63) is 133 Å². The standard InChI is InChI=1S/C41H32N4O/c1-3-9-27(10-4-1)39-43-40(28-11-5-2-6-12-28)45-41(44-39)33-16-8-14-30(24-33)29-13-7-15-31(23-29)34-19-20-35(37-38(34)46-25-42-37)36-22-26-17-18-32(36)21-26/h1-16,19-20,23-26,32,36H,17-18,21-22H2. The minimum absolute atomic E-state index is 0.606. The second-order valence-corrected chi connectivity index (χ2v) is 12.7. The summed E-state index contributed by atoms with van der Waals surface area (Å²) in [6, 6.07) is 41.8. The molecule has 0 radical (unpaired) electrons. The number of hydrogen-bond acceptors (Lipinski definition) is 5. The zero-order valence-corrected chi connectivity index (χ0v) is 25.4. The molecule has 0 N–H and O–H groups in total. The van der Waals surface area contributed by atoms with Crippen LogP contribution in [-0.4, -0.2) is 19.9 Å². The lowest BCUT2D eigenvalue weighted by Gasteiger charge is -2.22. The highest BCUT2D eigenvalue weighted by Crippen LogP contribution is 2.54. The minimum atomic E-state index is 0.606. The highest BCUT2D eigenvalue weighted by molar-refractivity contribution is 5.93. The van der Waals surface area contributed by atoms with E-state index in [1.165, 1.54) is 31.2 Å². The van der Waals surface area contributed by atoms with Crippen LogP contribution in [0.25, 0.3) is 67.5 Å². The summed E-state index contributed by atoms with van der Waals surface area (Å²) >= 11 is 0. The van der Waals surface area contributed by atoms with E-state index in [4.69, 9.17) is 24.4 Å². The van der Waals surface area contributed by atoms with Crippen LogP contribution in [-0.2, 0) is 0 Å². The Balaban J connectivity index is 1.09. The maximum absolute atomic E-state index is 6.07. The van der Waals surface area contributed by atoms with Crippen molar-refractivity contribution >= 4 is 11.1 Å². The van der Waals surface area contributed by atoms with Crippen LogP contribution in [0.2, 0.25) is 0 Å². The lowest BCUT2D eigenvalue weighted by atomic mass is 9.82. The Morgan fingerprint density at radius 3 is 1.74 bits per heavy atom. The molecule has 5 nitrogen and oxygen atoms in total. The van der Waals surface area contributed by atoms with Crippen molar-refractivity contribution in [3.63, 3.8) is 0 Å². The van der Waals surface area contributed by atoms with Gasteiger partial charge in [-0.25, -0.2) is 19.9 Å². The molecule has 46 heavy (non-hydrogen) atoms. The molecular formula is C41H32N4O. The van der Waals surface area contributed by atoms with Crippen LogP contribution < -0.4 is 0 Å². The Hall–Kier alpha value is -5.42. The van der Waals surface area contributed by atoms with E-state index in [-0.39, 0.29) is 0 Å². The number of aromatic nitrogens is 4. The van der Waals surface area contributed by atoms with Gasteiger partial charge < -0.3 is 4.42 Å². The normalized spacial score (nSPS) is 18.7. The SMILES string of the molecule is c1ccc(-c2nc(-c3ccccc3)nc(-c3cccc(-c4cccc(-c5ccc(C6CC7CCC6C7)c6ncoc56)c4)c3)n2)cc1. The molecule has 9 rings (SSSR count). The zero-order chi connectivity index (χ0) is 30.5. The first-order chi connectivity index (χ1) is 22.8. The average Bonchev–Trinajstić information content (AvgIpc) is 3.91. The number of oxazole rings is 1. The van der Waals surface area contributed by atoms with Crippen LogP contribution in [0.1, 0.15) is 37.2 Å². The van der Waals surface area contributed by atoms with Crippen LogP contribution in [0.5, 0.6) is 0 Å². The molecule has 5 heteroatoms. The molecule has 3 atom stereocenters. The lowest BCUT2D eigenvalue weighted by molar-refractivity contribution is 0.421. The molecule has 2 aromatic heterocycles. The molecule has 3 unspecified atom stereocenters. The predicted molar refractivity (Wildman–Crippen MR) is 183 cm³/mol. The summed E-state index contributed by atoms with van der Waals surface area (Å²) < 4.78 is 6.07. The molecule has 2 fully saturated rings. The van der Waals surface area contributed by atoms with Gasteiger partial charge in [-0.15, -0.1) is 0 Å². The fourth-order valence-corrected chi connectivity index (χ4v) is 7.76. The maximum Gasteiger partial charge on any atom is 0.182 e. The van der Waals surface area contributed by atoms with E-state index in [0.717, 1.165) is 61.9 Å². The second-order valence-electron chi connectivity index (χ2n) is 12.7. The van der Waals surface area contributed by atoms with Crippen molar-refractivity contribution in [1.82, 2.24) is 19.9 Å². The molecule has 0 aliphatic heterocycles. The number of hydrogen-bond donors (Lipinski definition) is 0. The molecule has 2 aliphatic rings. The van der Waals surface area contributed by atoms with Gasteiger partial charge in [0.05, 0.1) is 0 Å². The number of rotatable bonds is 6. The zero-order valence-electron chi connectivity index (χ0n) is 25.4. The summed E-state index contributed by atoms with van der Waals surface area (Å²) in [7, 11) is 0. The van der Waals surface area contributed by atoms with Gasteiger partial charge in [-0.3, -0.25) is 0 Å². The van der Waals surface area contributed by atoms with Crippen molar-refractivity contribution in [3.8, 4) is 56.4 Å². The minimum Gasteiger partial charge on any atom is -0.443 e. The summed E-state index contributed by atoms with van der Waals surface area (Å²) in [6.45, 7) is 0. The van der Waals surface area contributed by atoms with Crippen molar-refractivity contribution in [2.24, 2.45) is 11.8 Å². The van der Waals surface area contributed by atoms with E-state index in [2.05, 4.69) is 60.7 Å². The molecule has 7 aromatic rings. The van der Waals surface area contributed by atoms with Gasteiger partial charge in [0.1, 0.15) is 5.52 Å². The molecule has 2 aliphatic carbocycles. The monoisotopic (exact) mass is 596 g/mol. The number of benzene rings is 5. The highest BCUT2D eigenvalue weighted by atomic mass is 16.3. The number of fused-ring (bicyclic) bond motifs is 3. The van der Waals surface area contributed by atoms with Crippen molar-refractivity contribution < 1.29 is 4.42 Å². The Labute approximate surface area is 268 Å². The molecule has 2 heterocycles. The van der Waals surface area contributed by atoms with Crippen LogP contribution in [0.4, 0.5) is 0 Å². The smallest absolute Gasteiger partial charge is 0.182 e. The van der Waals surface area contributed by atoms with Gasteiger partial charge in [-0.05, 0) is 71.4 Å². The largest absolute Gasteiger partial charge is 0.443 e. The van der Waals surface area contributed by atoms with Crippen LogP contribution in [0, 0.1) is 11.8 Å². The fourth-order valence-electron chi connectivity index (χ4n) is 7.76. The van der Waals surface area contributed by atoms with Gasteiger partial charge in [-0.1, -0.05) is 116 Å². The number of nitrogens with zero attached hydrogens (tertiary/aromatic N) is 4. The second kappa shape index (κ2) is 11.2. The van der Waals surface area contributed by atoms with Crippen LogP contribution in [0.15, 0.2) is 132 Å². The fraction of sp³-hybridized carbons (Fsp3) is 0.171. The van der Waals surface area contributed by atoms with Gasteiger partial charge in [-0.2, -0.15) is 0 Å². The molecular weight excluding hydrogens is 564 g/mol. The first kappa shape index (κ1) is 26.9. The van der Waals surface area contributed by atoms with Gasteiger partial charge in [0.2, 0.25) is 0 Å². The van der Waals surface area contributed by atoms with Gasteiger partial charge >= 0.3 is 0 Å². The van der Waals surface area contributed by atoms with Gasteiger partial charge in [0.25, 0.3) is 0 Å². The molecule has 222 valence electrons. The van der Waals surface area contributed by atoms with E-state index in [1.807, 2.05) is 60.7 Å². The van der Waals surface area contributed by atoms with Gasteiger partial charge in [0, 0.05) is 22.3 Å². The molecule has 2 saturated carbocycles. The van der Waals surface area contributed by atoms with E-state index >= 15 is 0 Å². The predicted octanol–water partition coefficient (Wildman–Crippen LogP) is 10.3. The van der Waals surface area contributed by atoms with E-state index in [0.29, 0.717) is 23.4 Å². The summed E-state index contributed by atoms with van der Waals surface area (Å²) in [5.41, 5.74) is 10.5. The first-order valence-electron chi connectivity index (χ1n) is 16.2. The molecule has 0 spiro atoms. The third kappa shape index (κ3) is 4.80. The Morgan fingerprint density at radius 2 is 1.11 bits per heavy atom. The third-order valence-electron chi connectivity index (χ3n) is 9.98. The topological polar surface area (TPSA) is 64.7 Å². The van der Waals surface area contributed by atoms with Gasteiger partial charge in [0.15, 0.2) is 29.4 Å². The van der Waals surface area contributed by atoms with Crippen LogP contribution >= 0.6 is 0 Å².